The van der Waals surface area contributed by atoms with Gasteiger partial charge in [0.05, 0.1) is 6.04 Å². The number of hydrogen-bond donors (Lipinski definition) is 1. The molecule has 1 N–H and O–H groups in total. The molecule has 0 aromatic rings. The Kier molecular flexibility index (Phi) is 6.30. The molecule has 2 atom stereocenters. The van der Waals surface area contributed by atoms with Crippen molar-refractivity contribution in [2.45, 2.75) is 64.5 Å². The van der Waals surface area contributed by atoms with E-state index in [1.54, 1.807) is 0 Å². The summed E-state index contributed by atoms with van der Waals surface area (Å²) >= 11 is 0. The molecule has 2 aliphatic heterocycles. The lowest BCUT2D eigenvalue weighted by Gasteiger charge is -2.39. The van der Waals surface area contributed by atoms with Gasteiger partial charge in [0, 0.05) is 25.7 Å². The third-order valence-corrected chi connectivity index (χ3v) is 4.88. The largest absolute Gasteiger partial charge is 0.341 e. The van der Waals surface area contributed by atoms with Gasteiger partial charge in [-0.3, -0.25) is 9.69 Å². The highest BCUT2D eigenvalue weighted by atomic mass is 16.2. The van der Waals surface area contributed by atoms with Crippen molar-refractivity contribution in [3.05, 3.63) is 0 Å². The first-order chi connectivity index (χ1) is 9.74. The van der Waals surface area contributed by atoms with E-state index in [-0.39, 0.29) is 6.04 Å². The molecule has 2 fully saturated rings. The number of carbonyl (C=O) groups is 1. The van der Waals surface area contributed by atoms with Gasteiger partial charge in [0.1, 0.15) is 0 Å². The Morgan fingerprint density at radius 3 is 2.50 bits per heavy atom. The van der Waals surface area contributed by atoms with Crippen LogP contribution in [0.15, 0.2) is 0 Å². The SMILES string of the molecule is CCN(C1CCCNC1)C(C)C(=O)N1CCCCCC1. The van der Waals surface area contributed by atoms with Crippen LogP contribution in [0, 0.1) is 0 Å². The fourth-order valence-corrected chi connectivity index (χ4v) is 3.66. The molecule has 116 valence electrons. The van der Waals surface area contributed by atoms with Crippen molar-refractivity contribution in [3.63, 3.8) is 0 Å². The number of likely N-dealkylation sites (N-methyl/N-ethyl adjacent to an activating group) is 1. The Hall–Kier alpha value is -0.610. The van der Waals surface area contributed by atoms with Crippen molar-refractivity contribution in [2.24, 2.45) is 0 Å². The molecule has 0 radical (unpaired) electrons. The molecular formula is C16H31N3O. The van der Waals surface area contributed by atoms with Crippen LogP contribution in [0.25, 0.3) is 0 Å². The molecule has 2 heterocycles. The molecule has 0 aromatic heterocycles. The molecule has 0 aromatic carbocycles. The summed E-state index contributed by atoms with van der Waals surface area (Å²) in [6, 6.07) is 0.558. The number of rotatable bonds is 4. The van der Waals surface area contributed by atoms with Gasteiger partial charge < -0.3 is 10.2 Å². The lowest BCUT2D eigenvalue weighted by molar-refractivity contribution is -0.137. The fourth-order valence-electron chi connectivity index (χ4n) is 3.66. The zero-order chi connectivity index (χ0) is 14.4. The molecule has 0 aliphatic carbocycles. The topological polar surface area (TPSA) is 35.6 Å². The maximum absolute atomic E-state index is 12.8. The molecule has 1 amide bonds. The van der Waals surface area contributed by atoms with Crippen LogP contribution in [0.4, 0.5) is 0 Å². The van der Waals surface area contributed by atoms with Crippen molar-refractivity contribution in [1.29, 1.82) is 0 Å². The van der Waals surface area contributed by atoms with E-state index in [0.29, 0.717) is 11.9 Å². The molecule has 0 saturated carbocycles. The first kappa shape index (κ1) is 15.8. The van der Waals surface area contributed by atoms with Crippen molar-refractivity contribution >= 4 is 5.91 Å². The van der Waals surface area contributed by atoms with Gasteiger partial charge in [0.25, 0.3) is 0 Å². The van der Waals surface area contributed by atoms with Crippen LogP contribution >= 0.6 is 0 Å². The summed E-state index contributed by atoms with van der Waals surface area (Å²) in [6.45, 7) is 9.33. The Bertz CT molecular complexity index is 294. The van der Waals surface area contributed by atoms with Crippen molar-refractivity contribution < 1.29 is 4.79 Å². The molecule has 2 aliphatic rings. The van der Waals surface area contributed by atoms with Gasteiger partial charge in [-0.25, -0.2) is 0 Å². The number of amides is 1. The van der Waals surface area contributed by atoms with Crippen LogP contribution in [-0.4, -0.2) is 60.5 Å². The monoisotopic (exact) mass is 281 g/mol. The molecule has 0 bridgehead atoms. The maximum atomic E-state index is 12.8. The fraction of sp³-hybridized carbons (Fsp3) is 0.938. The average molecular weight is 281 g/mol. The highest BCUT2D eigenvalue weighted by Gasteiger charge is 2.30. The summed E-state index contributed by atoms with van der Waals surface area (Å²) in [6.07, 6.45) is 7.36. The zero-order valence-corrected chi connectivity index (χ0v) is 13.2. The lowest BCUT2D eigenvalue weighted by Crippen LogP contribution is -2.55. The Balaban J connectivity index is 1.95. The molecule has 20 heavy (non-hydrogen) atoms. The first-order valence-corrected chi connectivity index (χ1v) is 8.49. The van der Waals surface area contributed by atoms with E-state index in [9.17, 15) is 4.79 Å². The summed E-state index contributed by atoms with van der Waals surface area (Å²) in [5.74, 6) is 0.347. The van der Waals surface area contributed by atoms with Gasteiger partial charge in [-0.1, -0.05) is 19.8 Å². The quantitative estimate of drug-likeness (QED) is 0.854. The molecule has 2 rings (SSSR count). The third-order valence-electron chi connectivity index (χ3n) is 4.88. The van der Waals surface area contributed by atoms with Crippen LogP contribution in [0.2, 0.25) is 0 Å². The predicted octanol–water partition coefficient (Wildman–Crippen LogP) is 1.85. The third kappa shape index (κ3) is 3.95. The molecule has 4 nitrogen and oxygen atoms in total. The average Bonchev–Trinajstić information content (AvgIpc) is 2.77. The second-order valence-corrected chi connectivity index (χ2v) is 6.25. The molecular weight excluding hydrogens is 250 g/mol. The minimum Gasteiger partial charge on any atom is -0.341 e. The number of likely N-dealkylation sites (tertiary alicyclic amines) is 1. The second kappa shape index (κ2) is 7.99. The van der Waals surface area contributed by atoms with E-state index in [0.717, 1.165) is 32.7 Å². The van der Waals surface area contributed by atoms with Crippen LogP contribution in [0.5, 0.6) is 0 Å². The van der Waals surface area contributed by atoms with Gasteiger partial charge in [-0.2, -0.15) is 0 Å². The molecule has 2 saturated heterocycles. The van der Waals surface area contributed by atoms with Crippen LogP contribution in [0.1, 0.15) is 52.4 Å². The first-order valence-electron chi connectivity index (χ1n) is 8.49. The molecule has 0 spiro atoms. The van der Waals surface area contributed by atoms with Crippen molar-refractivity contribution in [3.8, 4) is 0 Å². The maximum Gasteiger partial charge on any atom is 0.239 e. The van der Waals surface area contributed by atoms with Gasteiger partial charge >= 0.3 is 0 Å². The second-order valence-electron chi connectivity index (χ2n) is 6.25. The number of piperidine rings is 1. The summed E-state index contributed by atoms with van der Waals surface area (Å²) in [5, 5.41) is 3.47. The van der Waals surface area contributed by atoms with E-state index in [4.69, 9.17) is 0 Å². The number of nitrogens with one attached hydrogen (secondary N) is 1. The van der Waals surface area contributed by atoms with Crippen LogP contribution in [-0.2, 0) is 4.79 Å². The minimum atomic E-state index is 0.0306. The van der Waals surface area contributed by atoms with Crippen LogP contribution < -0.4 is 5.32 Å². The van der Waals surface area contributed by atoms with Gasteiger partial charge in [-0.05, 0) is 45.7 Å². The van der Waals surface area contributed by atoms with Crippen LogP contribution in [0.3, 0.4) is 0 Å². The highest BCUT2D eigenvalue weighted by molar-refractivity contribution is 5.81. The Morgan fingerprint density at radius 2 is 1.95 bits per heavy atom. The lowest BCUT2D eigenvalue weighted by atomic mass is 10.0. The highest BCUT2D eigenvalue weighted by Crippen LogP contribution is 2.17. The number of hydrogen-bond acceptors (Lipinski definition) is 3. The minimum absolute atomic E-state index is 0.0306. The van der Waals surface area contributed by atoms with E-state index in [1.165, 1.54) is 38.5 Å². The molecule has 2 unspecified atom stereocenters. The van der Waals surface area contributed by atoms with Crippen molar-refractivity contribution in [1.82, 2.24) is 15.1 Å². The smallest absolute Gasteiger partial charge is 0.239 e. The van der Waals surface area contributed by atoms with Gasteiger partial charge in [-0.15, -0.1) is 0 Å². The standard InChI is InChI=1S/C16H31N3O/c1-3-19(15-9-8-10-17-13-15)14(2)16(20)18-11-6-4-5-7-12-18/h14-15,17H,3-13H2,1-2H3. The van der Waals surface area contributed by atoms with Gasteiger partial charge in [0.15, 0.2) is 0 Å². The van der Waals surface area contributed by atoms with E-state index in [2.05, 4.69) is 29.0 Å². The van der Waals surface area contributed by atoms with Gasteiger partial charge in [0.2, 0.25) is 5.91 Å². The summed E-state index contributed by atoms with van der Waals surface area (Å²) in [5.41, 5.74) is 0. The summed E-state index contributed by atoms with van der Waals surface area (Å²) < 4.78 is 0. The normalized spacial score (nSPS) is 26.4. The molecule has 4 heteroatoms. The zero-order valence-electron chi connectivity index (χ0n) is 13.2. The van der Waals surface area contributed by atoms with Crippen molar-refractivity contribution in [2.75, 3.05) is 32.7 Å². The Labute approximate surface area is 123 Å². The Morgan fingerprint density at radius 1 is 1.25 bits per heavy atom. The van der Waals surface area contributed by atoms with E-state index < -0.39 is 0 Å². The number of nitrogens with zero attached hydrogens (tertiary/aromatic N) is 2. The van der Waals surface area contributed by atoms with E-state index in [1.807, 2.05) is 0 Å². The number of carbonyl (C=O) groups excluding carboxylic acids is 1. The summed E-state index contributed by atoms with van der Waals surface area (Å²) in [4.78, 5) is 17.3. The van der Waals surface area contributed by atoms with E-state index >= 15 is 0 Å². The summed E-state index contributed by atoms with van der Waals surface area (Å²) in [7, 11) is 0. The predicted molar refractivity (Wildman–Crippen MR) is 82.8 cm³/mol.